The highest BCUT2D eigenvalue weighted by Gasteiger charge is 1.86. The summed E-state index contributed by atoms with van der Waals surface area (Å²) in [6.07, 6.45) is 7.20. The maximum absolute atomic E-state index is 4.84. The summed E-state index contributed by atoms with van der Waals surface area (Å²) in [6, 6.07) is 0. The molecule has 0 spiro atoms. The van der Waals surface area contributed by atoms with Gasteiger partial charge >= 0.3 is 0 Å². The summed E-state index contributed by atoms with van der Waals surface area (Å²) in [7, 11) is 1.83. The van der Waals surface area contributed by atoms with Crippen LogP contribution in [0.5, 0.6) is 0 Å². The summed E-state index contributed by atoms with van der Waals surface area (Å²) in [6.45, 7) is 0. The van der Waals surface area contributed by atoms with Gasteiger partial charge in [0, 0.05) is 13.2 Å². The molecule has 0 saturated carbocycles. The second kappa shape index (κ2) is 1.69. The molecule has 0 aromatic rings. The molecule has 1 heterocycles. The first kappa shape index (κ1) is 4.24. The van der Waals surface area contributed by atoms with Gasteiger partial charge in [0.05, 0.1) is 0 Å². The van der Waals surface area contributed by atoms with Crippen LogP contribution in [0, 0.1) is 0 Å². The molecule has 1 aliphatic rings. The number of nitrogens with zero attached hydrogens (tertiary/aromatic N) is 1. The Bertz CT molecular complexity index is 107. The molecule has 2 heteroatoms. The van der Waals surface area contributed by atoms with Gasteiger partial charge in [0.15, 0.2) is 0 Å². The maximum Gasteiger partial charge on any atom is 0.119 e. The molecular weight excluding hydrogens is 90.1 g/mol. The van der Waals surface area contributed by atoms with E-state index in [-0.39, 0.29) is 0 Å². The molecule has 0 N–H and O–H groups in total. The van der Waals surface area contributed by atoms with Gasteiger partial charge in [-0.15, -0.1) is 0 Å². The molecule has 0 unspecified atom stereocenters. The molecule has 1 rings (SSSR count). The van der Waals surface area contributed by atoms with Gasteiger partial charge in [-0.1, -0.05) is 0 Å². The van der Waals surface area contributed by atoms with Crippen LogP contribution in [0.4, 0.5) is 0 Å². The summed E-state index contributed by atoms with van der Waals surface area (Å²) in [5, 5.41) is 1.62. The third kappa shape index (κ3) is 0.961. The van der Waals surface area contributed by atoms with Crippen molar-refractivity contribution in [2.24, 2.45) is 0 Å². The van der Waals surface area contributed by atoms with Crippen LogP contribution in [0.2, 0.25) is 0 Å². The van der Waals surface area contributed by atoms with Crippen LogP contribution in [-0.4, -0.2) is 12.1 Å². The Morgan fingerprint density at radius 1 is 1.43 bits per heavy atom. The van der Waals surface area contributed by atoms with Crippen molar-refractivity contribution in [2.45, 2.75) is 0 Å². The second-order valence-corrected chi connectivity index (χ2v) is 1.32. The average molecular weight is 97.1 g/mol. The van der Waals surface area contributed by atoms with E-state index in [1.54, 1.807) is 11.3 Å². The molecule has 0 radical (unpaired) electrons. The standard InChI is InChI=1S/C5H7NO/c1-6-4-2-3-5-7-6/h2-5H,1H3. The molecule has 0 saturated heterocycles. The minimum Gasteiger partial charge on any atom is -0.388 e. The highest BCUT2D eigenvalue weighted by molar-refractivity contribution is 5.00. The van der Waals surface area contributed by atoms with E-state index >= 15 is 0 Å². The van der Waals surface area contributed by atoms with Crippen LogP contribution in [-0.2, 0) is 4.84 Å². The van der Waals surface area contributed by atoms with Gasteiger partial charge in [0.2, 0.25) is 0 Å². The minimum absolute atomic E-state index is 1.62. The largest absolute Gasteiger partial charge is 0.388 e. The lowest BCUT2D eigenvalue weighted by atomic mass is 10.6. The zero-order valence-electron chi connectivity index (χ0n) is 4.16. The first-order chi connectivity index (χ1) is 3.39. The number of rotatable bonds is 0. The van der Waals surface area contributed by atoms with E-state index in [0.29, 0.717) is 0 Å². The predicted octanol–water partition coefficient (Wildman–Crippen LogP) is 0.891. The number of hydrogen-bond donors (Lipinski definition) is 0. The first-order valence-corrected chi connectivity index (χ1v) is 2.12. The number of allylic oxidation sites excluding steroid dienone is 2. The summed E-state index contributed by atoms with van der Waals surface area (Å²) < 4.78 is 0. The van der Waals surface area contributed by atoms with Gasteiger partial charge in [-0.25, -0.2) is 5.06 Å². The van der Waals surface area contributed by atoms with Crippen LogP contribution in [0.1, 0.15) is 0 Å². The molecule has 0 aliphatic carbocycles. The molecule has 1 aliphatic heterocycles. The SMILES string of the molecule is CN1C=CC=CO1. The monoisotopic (exact) mass is 97.1 g/mol. The zero-order chi connectivity index (χ0) is 5.11. The lowest BCUT2D eigenvalue weighted by molar-refractivity contribution is -0.0342. The molecular formula is C5H7NO. The van der Waals surface area contributed by atoms with Gasteiger partial charge in [-0.2, -0.15) is 0 Å². The van der Waals surface area contributed by atoms with Crippen LogP contribution < -0.4 is 0 Å². The highest BCUT2D eigenvalue weighted by Crippen LogP contribution is 1.93. The fraction of sp³-hybridized carbons (Fsp3) is 0.200. The Morgan fingerprint density at radius 3 is 2.57 bits per heavy atom. The first-order valence-electron chi connectivity index (χ1n) is 2.12. The van der Waals surface area contributed by atoms with Gasteiger partial charge in [0.25, 0.3) is 0 Å². The molecule has 0 fully saturated rings. The van der Waals surface area contributed by atoms with E-state index in [0.717, 1.165) is 0 Å². The molecule has 0 aromatic heterocycles. The molecule has 2 nitrogen and oxygen atoms in total. The van der Waals surface area contributed by atoms with Gasteiger partial charge < -0.3 is 4.84 Å². The second-order valence-electron chi connectivity index (χ2n) is 1.32. The lowest BCUT2D eigenvalue weighted by Gasteiger charge is -2.12. The van der Waals surface area contributed by atoms with E-state index in [9.17, 15) is 0 Å². The molecule has 38 valence electrons. The van der Waals surface area contributed by atoms with E-state index in [4.69, 9.17) is 4.84 Å². The van der Waals surface area contributed by atoms with Crippen LogP contribution in [0.3, 0.4) is 0 Å². The van der Waals surface area contributed by atoms with Crippen molar-refractivity contribution >= 4 is 0 Å². The van der Waals surface area contributed by atoms with Gasteiger partial charge in [0.1, 0.15) is 6.26 Å². The minimum atomic E-state index is 1.62. The van der Waals surface area contributed by atoms with Crippen LogP contribution in [0.25, 0.3) is 0 Å². The van der Waals surface area contributed by atoms with Crippen LogP contribution >= 0.6 is 0 Å². The van der Waals surface area contributed by atoms with Crippen molar-refractivity contribution < 1.29 is 4.84 Å². The van der Waals surface area contributed by atoms with Crippen LogP contribution in [0.15, 0.2) is 24.6 Å². The van der Waals surface area contributed by atoms with Crippen molar-refractivity contribution in [3.05, 3.63) is 24.6 Å². The summed E-state index contributed by atoms with van der Waals surface area (Å²) in [5.41, 5.74) is 0. The van der Waals surface area contributed by atoms with Crippen molar-refractivity contribution in [3.63, 3.8) is 0 Å². The number of hydroxylamine groups is 2. The fourth-order valence-electron chi connectivity index (χ4n) is 0.383. The summed E-state index contributed by atoms with van der Waals surface area (Å²) >= 11 is 0. The van der Waals surface area contributed by atoms with Crippen molar-refractivity contribution in [3.8, 4) is 0 Å². The Hall–Kier alpha value is -0.920. The topological polar surface area (TPSA) is 12.5 Å². The Morgan fingerprint density at radius 2 is 2.29 bits per heavy atom. The molecule has 0 aromatic carbocycles. The highest BCUT2D eigenvalue weighted by atomic mass is 16.7. The van der Waals surface area contributed by atoms with E-state index in [1.165, 1.54) is 0 Å². The van der Waals surface area contributed by atoms with Crippen molar-refractivity contribution in [1.29, 1.82) is 0 Å². The lowest BCUT2D eigenvalue weighted by Crippen LogP contribution is -2.08. The quantitative estimate of drug-likeness (QED) is 0.445. The van der Waals surface area contributed by atoms with Gasteiger partial charge in [-0.3, -0.25) is 0 Å². The molecule has 0 amide bonds. The molecule has 0 bridgehead atoms. The van der Waals surface area contributed by atoms with Crippen molar-refractivity contribution in [2.75, 3.05) is 7.05 Å². The molecule has 0 atom stereocenters. The normalized spacial score (nSPS) is 17.0. The van der Waals surface area contributed by atoms with E-state index in [1.807, 2.05) is 25.4 Å². The maximum atomic E-state index is 4.84. The Balaban J connectivity index is 2.49. The Kier molecular flexibility index (Phi) is 1.02. The zero-order valence-corrected chi connectivity index (χ0v) is 4.16. The van der Waals surface area contributed by atoms with E-state index in [2.05, 4.69) is 0 Å². The number of hydrogen-bond acceptors (Lipinski definition) is 2. The third-order valence-corrected chi connectivity index (χ3v) is 0.713. The summed E-state index contributed by atoms with van der Waals surface area (Å²) in [5.74, 6) is 0. The predicted molar refractivity (Wildman–Crippen MR) is 27.1 cm³/mol. The molecule has 7 heavy (non-hydrogen) atoms. The van der Waals surface area contributed by atoms with E-state index < -0.39 is 0 Å². The summed E-state index contributed by atoms with van der Waals surface area (Å²) in [4.78, 5) is 4.84. The average Bonchev–Trinajstić information content (AvgIpc) is 1.69. The van der Waals surface area contributed by atoms with Crippen molar-refractivity contribution in [1.82, 2.24) is 5.06 Å². The van der Waals surface area contributed by atoms with Gasteiger partial charge in [-0.05, 0) is 12.2 Å². The fourth-order valence-corrected chi connectivity index (χ4v) is 0.383. The smallest absolute Gasteiger partial charge is 0.119 e. The third-order valence-electron chi connectivity index (χ3n) is 0.713. The Labute approximate surface area is 42.6 Å².